The second-order valence-corrected chi connectivity index (χ2v) is 7.79. The number of anilines is 2. The summed E-state index contributed by atoms with van der Waals surface area (Å²) >= 11 is 0. The molecule has 0 aliphatic carbocycles. The van der Waals surface area contributed by atoms with Crippen molar-refractivity contribution in [2.24, 2.45) is 0 Å². The van der Waals surface area contributed by atoms with Gasteiger partial charge in [0.2, 0.25) is 0 Å². The van der Waals surface area contributed by atoms with Gasteiger partial charge in [0, 0.05) is 31.9 Å². The van der Waals surface area contributed by atoms with Crippen molar-refractivity contribution in [1.29, 1.82) is 0 Å². The summed E-state index contributed by atoms with van der Waals surface area (Å²) in [4.78, 5) is 34.5. The SMILES string of the molecule is CCCn1c2c(c(=O)[nH]c1=O)NC(Cc1cn3ccccc3n1)N2Cc1ccccc1. The summed E-state index contributed by atoms with van der Waals surface area (Å²) in [5, 5.41) is 3.37. The lowest BCUT2D eigenvalue weighted by Gasteiger charge is -2.28. The summed E-state index contributed by atoms with van der Waals surface area (Å²) in [6, 6.07) is 16.0. The second kappa shape index (κ2) is 7.79. The molecule has 0 spiro atoms. The molecule has 0 radical (unpaired) electrons. The molecule has 4 aromatic rings. The van der Waals surface area contributed by atoms with Crippen LogP contribution in [-0.4, -0.2) is 25.1 Å². The molecule has 2 N–H and O–H groups in total. The van der Waals surface area contributed by atoms with Crippen LogP contribution in [0.5, 0.6) is 0 Å². The Hall–Kier alpha value is -3.81. The standard InChI is InChI=1S/C23H24N6O2/c1-2-11-28-22-20(21(30)26-23(28)31)25-19(29(22)14-16-8-4-3-5-9-16)13-17-15-27-12-7-6-10-18(27)24-17/h3-10,12,15,19,25H,2,11,13-14H2,1H3,(H,26,30,31). The van der Waals surface area contributed by atoms with E-state index in [9.17, 15) is 9.59 Å². The number of benzene rings is 1. The highest BCUT2D eigenvalue weighted by atomic mass is 16.2. The van der Waals surface area contributed by atoms with Crippen LogP contribution in [0.1, 0.15) is 24.6 Å². The van der Waals surface area contributed by atoms with E-state index in [0.717, 1.165) is 23.3 Å². The minimum atomic E-state index is -0.386. The molecule has 1 atom stereocenters. The lowest BCUT2D eigenvalue weighted by molar-refractivity contribution is 0.595. The molecule has 4 heterocycles. The van der Waals surface area contributed by atoms with Crippen molar-refractivity contribution in [2.45, 2.75) is 39.0 Å². The molecule has 1 aliphatic heterocycles. The van der Waals surface area contributed by atoms with Crippen molar-refractivity contribution in [3.63, 3.8) is 0 Å². The van der Waals surface area contributed by atoms with Gasteiger partial charge in [-0.3, -0.25) is 14.3 Å². The fraction of sp³-hybridized carbons (Fsp3) is 0.261. The van der Waals surface area contributed by atoms with E-state index >= 15 is 0 Å². The molecule has 31 heavy (non-hydrogen) atoms. The van der Waals surface area contributed by atoms with Crippen LogP contribution < -0.4 is 21.5 Å². The summed E-state index contributed by atoms with van der Waals surface area (Å²) in [6.07, 6.45) is 5.14. The van der Waals surface area contributed by atoms with E-state index in [-0.39, 0.29) is 17.4 Å². The van der Waals surface area contributed by atoms with Crippen LogP contribution in [0.4, 0.5) is 11.5 Å². The largest absolute Gasteiger partial charge is 0.357 e. The molecule has 3 aromatic heterocycles. The number of rotatable bonds is 6. The Morgan fingerprint density at radius 1 is 1.06 bits per heavy atom. The van der Waals surface area contributed by atoms with Gasteiger partial charge in [-0.2, -0.15) is 0 Å². The molecule has 1 unspecified atom stereocenters. The Morgan fingerprint density at radius 3 is 2.65 bits per heavy atom. The van der Waals surface area contributed by atoms with E-state index in [1.807, 2.05) is 60.1 Å². The van der Waals surface area contributed by atoms with Crippen molar-refractivity contribution >= 4 is 17.2 Å². The van der Waals surface area contributed by atoms with E-state index < -0.39 is 0 Å². The lowest BCUT2D eigenvalue weighted by atomic mass is 10.2. The highest BCUT2D eigenvalue weighted by molar-refractivity contribution is 5.72. The highest BCUT2D eigenvalue weighted by Crippen LogP contribution is 2.33. The monoisotopic (exact) mass is 416 g/mol. The zero-order valence-electron chi connectivity index (χ0n) is 17.3. The third-order valence-electron chi connectivity index (χ3n) is 5.59. The number of nitrogens with zero attached hydrogens (tertiary/aromatic N) is 4. The Labute approximate surface area is 178 Å². The first kappa shape index (κ1) is 19.2. The van der Waals surface area contributed by atoms with Gasteiger partial charge in [0.25, 0.3) is 5.56 Å². The van der Waals surface area contributed by atoms with Crippen molar-refractivity contribution in [1.82, 2.24) is 18.9 Å². The third kappa shape index (κ3) is 3.50. The van der Waals surface area contributed by atoms with Gasteiger partial charge in [-0.1, -0.05) is 43.3 Å². The molecular formula is C23H24N6O2. The Bertz CT molecular complexity index is 1300. The maximum absolute atomic E-state index is 12.6. The molecule has 158 valence electrons. The van der Waals surface area contributed by atoms with E-state index in [1.54, 1.807) is 4.57 Å². The summed E-state index contributed by atoms with van der Waals surface area (Å²) in [5.74, 6) is 0.646. The van der Waals surface area contributed by atoms with Crippen molar-refractivity contribution in [2.75, 3.05) is 10.2 Å². The zero-order chi connectivity index (χ0) is 21.4. The molecule has 0 saturated carbocycles. The van der Waals surface area contributed by atoms with Gasteiger partial charge < -0.3 is 14.6 Å². The molecule has 8 heteroatoms. The zero-order valence-corrected chi connectivity index (χ0v) is 17.3. The Kier molecular flexibility index (Phi) is 4.82. The number of nitrogens with one attached hydrogen (secondary N) is 2. The number of aromatic amines is 1. The maximum atomic E-state index is 12.6. The first-order chi connectivity index (χ1) is 15.1. The second-order valence-electron chi connectivity index (χ2n) is 7.79. The number of hydrogen-bond donors (Lipinski definition) is 2. The van der Waals surface area contributed by atoms with Crippen molar-refractivity contribution in [3.05, 3.63) is 93.0 Å². The molecule has 5 rings (SSSR count). The van der Waals surface area contributed by atoms with Crippen LogP contribution in [0.3, 0.4) is 0 Å². The minimum Gasteiger partial charge on any atom is -0.357 e. The quantitative estimate of drug-likeness (QED) is 0.505. The lowest BCUT2D eigenvalue weighted by Crippen LogP contribution is -2.39. The number of aromatic nitrogens is 4. The molecule has 0 fully saturated rings. The number of hydrogen-bond acceptors (Lipinski definition) is 5. The van der Waals surface area contributed by atoms with Crippen LogP contribution in [0.15, 0.2) is 70.5 Å². The Morgan fingerprint density at radius 2 is 1.87 bits per heavy atom. The van der Waals surface area contributed by atoms with Crippen LogP contribution in [-0.2, 0) is 19.5 Å². The summed E-state index contributed by atoms with van der Waals surface area (Å²) in [7, 11) is 0. The molecule has 1 aromatic carbocycles. The smallest absolute Gasteiger partial charge is 0.330 e. The number of imidazole rings is 1. The van der Waals surface area contributed by atoms with Crippen molar-refractivity contribution in [3.8, 4) is 0 Å². The van der Waals surface area contributed by atoms with E-state index in [2.05, 4.69) is 27.3 Å². The van der Waals surface area contributed by atoms with Crippen molar-refractivity contribution < 1.29 is 0 Å². The first-order valence-electron chi connectivity index (χ1n) is 10.5. The average Bonchev–Trinajstić information content (AvgIpc) is 3.34. The molecule has 1 aliphatic rings. The van der Waals surface area contributed by atoms with Crippen LogP contribution >= 0.6 is 0 Å². The van der Waals surface area contributed by atoms with Gasteiger partial charge in [-0.25, -0.2) is 9.78 Å². The van der Waals surface area contributed by atoms with Gasteiger partial charge in [0.05, 0.1) is 5.69 Å². The average molecular weight is 416 g/mol. The highest BCUT2D eigenvalue weighted by Gasteiger charge is 2.34. The predicted molar refractivity (Wildman–Crippen MR) is 121 cm³/mol. The third-order valence-corrected chi connectivity index (χ3v) is 5.59. The molecule has 8 nitrogen and oxygen atoms in total. The number of pyridine rings is 1. The molecule has 0 saturated heterocycles. The predicted octanol–water partition coefficient (Wildman–Crippen LogP) is 2.60. The van der Waals surface area contributed by atoms with Gasteiger partial charge in [0.15, 0.2) is 0 Å². The fourth-order valence-corrected chi connectivity index (χ4v) is 4.22. The molecular weight excluding hydrogens is 392 g/mol. The number of H-pyrrole nitrogens is 1. The van der Waals surface area contributed by atoms with Crippen LogP contribution in [0, 0.1) is 0 Å². The van der Waals surface area contributed by atoms with Crippen LogP contribution in [0.2, 0.25) is 0 Å². The molecule has 0 bridgehead atoms. The summed E-state index contributed by atoms with van der Waals surface area (Å²) in [5.41, 5.74) is 2.58. The maximum Gasteiger partial charge on any atom is 0.330 e. The minimum absolute atomic E-state index is 0.203. The fourth-order valence-electron chi connectivity index (χ4n) is 4.22. The summed E-state index contributed by atoms with van der Waals surface area (Å²) < 4.78 is 3.65. The number of fused-ring (bicyclic) bond motifs is 2. The van der Waals surface area contributed by atoms with Gasteiger partial charge in [-0.05, 0) is 24.1 Å². The van der Waals surface area contributed by atoms with Gasteiger partial charge >= 0.3 is 5.69 Å². The van der Waals surface area contributed by atoms with Gasteiger partial charge in [0.1, 0.15) is 23.3 Å². The molecule has 0 amide bonds. The van der Waals surface area contributed by atoms with E-state index in [4.69, 9.17) is 4.98 Å². The normalized spacial score (nSPS) is 15.3. The van der Waals surface area contributed by atoms with Gasteiger partial charge in [-0.15, -0.1) is 0 Å². The van der Waals surface area contributed by atoms with Crippen LogP contribution in [0.25, 0.3) is 5.65 Å². The van der Waals surface area contributed by atoms with E-state index in [1.165, 1.54) is 0 Å². The summed E-state index contributed by atoms with van der Waals surface area (Å²) in [6.45, 7) is 3.12. The topological polar surface area (TPSA) is 87.4 Å². The van der Waals surface area contributed by atoms with E-state index in [0.29, 0.717) is 31.0 Å². The first-order valence-corrected chi connectivity index (χ1v) is 10.5. The Balaban J connectivity index is 1.58.